The summed E-state index contributed by atoms with van der Waals surface area (Å²) in [5.41, 5.74) is 16.4. The van der Waals surface area contributed by atoms with Gasteiger partial charge in [-0.1, -0.05) is 146 Å². The lowest BCUT2D eigenvalue weighted by Crippen LogP contribution is -1.89. The molecule has 0 saturated heterocycles. The zero-order valence-corrected chi connectivity index (χ0v) is 30.8. The lowest BCUT2D eigenvalue weighted by molar-refractivity contribution is 0.966. The van der Waals surface area contributed by atoms with Crippen LogP contribution in [-0.2, 0) is 0 Å². The Balaban J connectivity index is 0.994. The summed E-state index contributed by atoms with van der Waals surface area (Å²) < 4.78 is 2.00. The van der Waals surface area contributed by atoms with E-state index in [1.165, 1.54) is 0 Å². The van der Waals surface area contributed by atoms with Gasteiger partial charge < -0.3 is 0 Å². The zero-order valence-electron chi connectivity index (χ0n) is 30.8. The molecule has 0 aliphatic carbocycles. The van der Waals surface area contributed by atoms with Gasteiger partial charge in [-0.2, -0.15) is 5.10 Å². The fourth-order valence-corrected chi connectivity index (χ4v) is 7.83. The maximum atomic E-state index is 5.21. The lowest BCUT2D eigenvalue weighted by Gasteiger charge is -2.09. The van der Waals surface area contributed by atoms with Crippen molar-refractivity contribution in [2.75, 3.05) is 0 Å². The SMILES string of the molecule is c1ccc2nc(-c3ccc(-c4ccn5nc(-c6ccc(-c7ccc8ccccc8n7)cc6)c(-c6ccc(-c7ccc8ccccc8n7)cc6)c5c4)cc3)ccc2c1. The van der Waals surface area contributed by atoms with Gasteiger partial charge in [-0.15, -0.1) is 0 Å². The molecule has 5 aromatic heterocycles. The number of nitrogens with zero attached hydrogens (tertiary/aromatic N) is 5. The van der Waals surface area contributed by atoms with E-state index >= 15 is 0 Å². The molecule has 0 fully saturated rings. The summed E-state index contributed by atoms with van der Waals surface area (Å²) in [7, 11) is 0. The molecular formula is C52H33N5. The van der Waals surface area contributed by atoms with Crippen molar-refractivity contribution in [2.45, 2.75) is 0 Å². The third-order valence-electron chi connectivity index (χ3n) is 10.9. The van der Waals surface area contributed by atoms with Crippen molar-refractivity contribution in [1.29, 1.82) is 0 Å². The van der Waals surface area contributed by atoms with Crippen molar-refractivity contribution in [1.82, 2.24) is 24.6 Å². The molecule has 0 N–H and O–H groups in total. The van der Waals surface area contributed by atoms with E-state index in [1.54, 1.807) is 0 Å². The molecule has 266 valence electrons. The monoisotopic (exact) mass is 727 g/mol. The van der Waals surface area contributed by atoms with Gasteiger partial charge >= 0.3 is 0 Å². The van der Waals surface area contributed by atoms with Gasteiger partial charge in [0.1, 0.15) is 5.69 Å². The van der Waals surface area contributed by atoms with E-state index in [9.17, 15) is 0 Å². The first kappa shape index (κ1) is 32.7. The Hall–Kier alpha value is -7.76. The fraction of sp³-hybridized carbons (Fsp3) is 0. The molecule has 0 spiro atoms. The van der Waals surface area contributed by atoms with Gasteiger partial charge in [0.2, 0.25) is 0 Å². The maximum absolute atomic E-state index is 5.21. The van der Waals surface area contributed by atoms with Gasteiger partial charge in [0.15, 0.2) is 0 Å². The highest BCUT2D eigenvalue weighted by molar-refractivity contribution is 5.95. The van der Waals surface area contributed by atoms with E-state index in [0.717, 1.165) is 106 Å². The number of para-hydroxylation sites is 3. The summed E-state index contributed by atoms with van der Waals surface area (Å²) in [5.74, 6) is 0. The normalized spacial score (nSPS) is 11.5. The average molecular weight is 728 g/mol. The second-order valence-corrected chi connectivity index (χ2v) is 14.4. The van der Waals surface area contributed by atoms with Gasteiger partial charge in [0.25, 0.3) is 0 Å². The Bertz CT molecular complexity index is 3270. The van der Waals surface area contributed by atoms with E-state index in [1.807, 2.05) is 40.9 Å². The molecule has 11 rings (SSSR count). The largest absolute Gasteiger partial charge is 0.248 e. The third-order valence-corrected chi connectivity index (χ3v) is 10.9. The minimum Gasteiger partial charge on any atom is -0.248 e. The van der Waals surface area contributed by atoms with Crippen LogP contribution in [0.4, 0.5) is 0 Å². The molecule has 0 bridgehead atoms. The van der Waals surface area contributed by atoms with Crippen LogP contribution in [0.5, 0.6) is 0 Å². The number of rotatable bonds is 6. The van der Waals surface area contributed by atoms with Gasteiger partial charge in [-0.3, -0.25) is 0 Å². The summed E-state index contributed by atoms with van der Waals surface area (Å²) in [4.78, 5) is 14.8. The molecule has 5 heteroatoms. The summed E-state index contributed by atoms with van der Waals surface area (Å²) in [6.45, 7) is 0. The van der Waals surface area contributed by atoms with Gasteiger partial charge in [-0.05, 0) is 65.2 Å². The Labute approximate surface area is 329 Å². The predicted octanol–water partition coefficient (Wildman–Crippen LogP) is 13.0. The minimum absolute atomic E-state index is 0.916. The molecule has 0 atom stereocenters. The summed E-state index contributed by atoms with van der Waals surface area (Å²) >= 11 is 0. The van der Waals surface area contributed by atoms with Gasteiger partial charge in [0.05, 0.1) is 39.1 Å². The highest BCUT2D eigenvalue weighted by Crippen LogP contribution is 2.38. The second-order valence-electron chi connectivity index (χ2n) is 14.4. The van der Waals surface area contributed by atoms with Crippen LogP contribution in [0.2, 0.25) is 0 Å². The average Bonchev–Trinajstić information content (AvgIpc) is 3.67. The molecular weight excluding hydrogens is 695 g/mol. The first-order chi connectivity index (χ1) is 28.2. The molecule has 6 aromatic carbocycles. The zero-order chi connectivity index (χ0) is 37.7. The first-order valence-corrected chi connectivity index (χ1v) is 19.1. The van der Waals surface area contributed by atoms with Crippen molar-refractivity contribution in [3.8, 4) is 67.3 Å². The van der Waals surface area contributed by atoms with Crippen molar-refractivity contribution in [3.63, 3.8) is 0 Å². The highest BCUT2D eigenvalue weighted by Gasteiger charge is 2.18. The molecule has 0 unspecified atom stereocenters. The van der Waals surface area contributed by atoms with E-state index in [4.69, 9.17) is 20.1 Å². The van der Waals surface area contributed by atoms with Gasteiger partial charge in [-0.25, -0.2) is 19.5 Å². The van der Waals surface area contributed by atoms with Crippen LogP contribution in [0.1, 0.15) is 0 Å². The lowest BCUT2D eigenvalue weighted by atomic mass is 9.96. The van der Waals surface area contributed by atoms with Crippen molar-refractivity contribution >= 4 is 38.2 Å². The van der Waals surface area contributed by atoms with Crippen LogP contribution < -0.4 is 0 Å². The molecule has 11 aromatic rings. The summed E-state index contributed by atoms with van der Waals surface area (Å²) in [5, 5.41) is 8.61. The molecule has 0 radical (unpaired) electrons. The Morgan fingerprint density at radius 2 is 0.719 bits per heavy atom. The van der Waals surface area contributed by atoms with E-state index in [0.29, 0.717) is 0 Å². The molecule has 5 heterocycles. The standard InChI is InChI=1S/C52H33N5/c1-4-10-44-35(7-1)25-28-47(53-44)38-15-13-34(14-16-38)43-31-32-57-50(33-43)51(41-21-17-39(18-22-41)48-29-26-36-8-2-5-11-45(36)54-48)52(56-57)42-23-19-40(20-24-42)49-30-27-37-9-3-6-12-46(37)55-49/h1-33H. The summed E-state index contributed by atoms with van der Waals surface area (Å²) in [6, 6.07) is 67.8. The second kappa shape index (κ2) is 13.5. The highest BCUT2D eigenvalue weighted by atomic mass is 15.2. The van der Waals surface area contributed by atoms with Crippen LogP contribution >= 0.6 is 0 Å². The van der Waals surface area contributed by atoms with E-state index in [2.05, 4.69) is 164 Å². The fourth-order valence-electron chi connectivity index (χ4n) is 7.83. The van der Waals surface area contributed by atoms with Crippen LogP contribution in [-0.4, -0.2) is 24.6 Å². The molecule has 0 amide bonds. The maximum Gasteiger partial charge on any atom is 0.101 e. The third kappa shape index (κ3) is 5.99. The van der Waals surface area contributed by atoms with Crippen LogP contribution in [0.3, 0.4) is 0 Å². The van der Waals surface area contributed by atoms with Crippen molar-refractivity contribution < 1.29 is 0 Å². The molecule has 0 aliphatic rings. The predicted molar refractivity (Wildman–Crippen MR) is 234 cm³/mol. The van der Waals surface area contributed by atoms with Crippen molar-refractivity contribution in [2.24, 2.45) is 0 Å². The summed E-state index contributed by atoms with van der Waals surface area (Å²) in [6.07, 6.45) is 2.07. The Morgan fingerprint density at radius 3 is 1.19 bits per heavy atom. The van der Waals surface area contributed by atoms with Crippen LogP contribution in [0, 0.1) is 0 Å². The molecule has 57 heavy (non-hydrogen) atoms. The van der Waals surface area contributed by atoms with E-state index < -0.39 is 0 Å². The molecule has 0 saturated carbocycles. The topological polar surface area (TPSA) is 56.0 Å². The van der Waals surface area contributed by atoms with Gasteiger partial charge in [0, 0.05) is 50.2 Å². The Kier molecular flexibility index (Phi) is 7.74. The van der Waals surface area contributed by atoms with E-state index in [-0.39, 0.29) is 0 Å². The number of aromatic nitrogens is 5. The number of hydrogen-bond donors (Lipinski definition) is 0. The quantitative estimate of drug-likeness (QED) is 0.171. The molecule has 0 aliphatic heterocycles. The number of benzene rings is 6. The minimum atomic E-state index is 0.916. The van der Waals surface area contributed by atoms with Crippen molar-refractivity contribution in [3.05, 3.63) is 200 Å². The smallest absolute Gasteiger partial charge is 0.101 e. The number of fused-ring (bicyclic) bond motifs is 4. The number of hydrogen-bond acceptors (Lipinski definition) is 4. The first-order valence-electron chi connectivity index (χ1n) is 19.1. The van der Waals surface area contributed by atoms with Crippen LogP contribution in [0.15, 0.2) is 200 Å². The van der Waals surface area contributed by atoms with Crippen LogP contribution in [0.25, 0.3) is 106 Å². The number of pyridine rings is 4. The molecule has 5 nitrogen and oxygen atoms in total. The Morgan fingerprint density at radius 1 is 0.316 bits per heavy atom.